The summed E-state index contributed by atoms with van der Waals surface area (Å²) in [5.74, 6) is -0.0915. The molecule has 0 spiro atoms. The molecule has 23 heavy (non-hydrogen) atoms. The fourth-order valence-corrected chi connectivity index (χ4v) is 3.85. The van der Waals surface area contributed by atoms with Crippen LogP contribution in [0, 0.1) is 11.3 Å². The van der Waals surface area contributed by atoms with Gasteiger partial charge in [-0.25, -0.2) is 4.98 Å². The van der Waals surface area contributed by atoms with E-state index in [1.54, 1.807) is 6.20 Å². The molecule has 0 unspecified atom stereocenters. The topological polar surface area (TPSA) is 70.2 Å². The number of hydrogen-bond donors (Lipinski definition) is 1. The normalized spacial score (nSPS) is 18.3. The number of imidazole rings is 1. The summed E-state index contributed by atoms with van der Waals surface area (Å²) in [6.45, 7) is 1.86. The van der Waals surface area contributed by atoms with Crippen molar-refractivity contribution in [3.05, 3.63) is 30.6 Å². The Morgan fingerprint density at radius 1 is 1.43 bits per heavy atom. The van der Waals surface area contributed by atoms with Gasteiger partial charge in [-0.15, -0.1) is 0 Å². The lowest BCUT2D eigenvalue weighted by molar-refractivity contribution is -0.121. The number of thioether (sulfide) groups is 1. The van der Waals surface area contributed by atoms with Crippen molar-refractivity contribution in [3.8, 4) is 6.07 Å². The van der Waals surface area contributed by atoms with E-state index >= 15 is 0 Å². The Balaban J connectivity index is 1.69. The quantitative estimate of drug-likeness (QED) is 0.875. The SMILES string of the molecule is C[C@@H](Sc1ncc2ccccn12)C(=O)NC1(C#N)CCCCC1. The van der Waals surface area contributed by atoms with Crippen LogP contribution in [0.15, 0.2) is 35.7 Å². The van der Waals surface area contributed by atoms with Crippen molar-refractivity contribution < 1.29 is 4.79 Å². The molecule has 0 aromatic carbocycles. The maximum Gasteiger partial charge on any atom is 0.234 e. The molecule has 0 saturated heterocycles. The Labute approximate surface area is 140 Å². The highest BCUT2D eigenvalue weighted by atomic mass is 32.2. The second-order valence-electron chi connectivity index (χ2n) is 6.04. The number of aromatic nitrogens is 2. The third kappa shape index (κ3) is 3.35. The molecule has 0 radical (unpaired) electrons. The smallest absolute Gasteiger partial charge is 0.234 e. The molecule has 1 atom stereocenters. The second-order valence-corrected chi connectivity index (χ2v) is 7.35. The van der Waals surface area contributed by atoms with E-state index in [2.05, 4.69) is 16.4 Å². The molecule has 5 nitrogen and oxygen atoms in total. The van der Waals surface area contributed by atoms with Crippen molar-refractivity contribution in [1.82, 2.24) is 14.7 Å². The summed E-state index contributed by atoms with van der Waals surface area (Å²) in [4.78, 5) is 16.9. The van der Waals surface area contributed by atoms with Crippen LogP contribution >= 0.6 is 11.8 Å². The molecule has 1 amide bonds. The van der Waals surface area contributed by atoms with Crippen LogP contribution in [0.25, 0.3) is 5.52 Å². The zero-order valence-electron chi connectivity index (χ0n) is 13.2. The number of amides is 1. The number of hydrogen-bond acceptors (Lipinski definition) is 4. The predicted octanol–water partition coefficient (Wildman–Crippen LogP) is 3.16. The van der Waals surface area contributed by atoms with Crippen LogP contribution in [-0.4, -0.2) is 26.1 Å². The first-order valence-electron chi connectivity index (χ1n) is 7.96. The first-order valence-corrected chi connectivity index (χ1v) is 8.83. The lowest BCUT2D eigenvalue weighted by atomic mass is 9.83. The molecule has 2 aromatic rings. The number of nitrogens with zero attached hydrogens (tertiary/aromatic N) is 3. The largest absolute Gasteiger partial charge is 0.337 e. The summed E-state index contributed by atoms with van der Waals surface area (Å²) in [5.41, 5.74) is 0.321. The Morgan fingerprint density at radius 2 is 2.22 bits per heavy atom. The van der Waals surface area contributed by atoms with E-state index in [1.165, 1.54) is 11.8 Å². The van der Waals surface area contributed by atoms with Crippen molar-refractivity contribution >= 4 is 23.2 Å². The molecular formula is C17H20N4OS. The average molecular weight is 328 g/mol. The van der Waals surface area contributed by atoms with Gasteiger partial charge >= 0.3 is 0 Å². The molecular weight excluding hydrogens is 308 g/mol. The number of carbonyl (C=O) groups is 1. The molecule has 0 bridgehead atoms. The fraction of sp³-hybridized carbons (Fsp3) is 0.471. The molecule has 120 valence electrons. The summed E-state index contributed by atoms with van der Waals surface area (Å²) in [6, 6.07) is 8.21. The zero-order valence-corrected chi connectivity index (χ0v) is 14.0. The van der Waals surface area contributed by atoms with Crippen molar-refractivity contribution in [3.63, 3.8) is 0 Å². The average Bonchev–Trinajstić information content (AvgIpc) is 2.99. The van der Waals surface area contributed by atoms with Gasteiger partial charge in [-0.3, -0.25) is 9.20 Å². The number of fused-ring (bicyclic) bond motifs is 1. The first kappa shape index (κ1) is 15.9. The zero-order chi connectivity index (χ0) is 16.3. The lowest BCUT2D eigenvalue weighted by Gasteiger charge is -2.32. The minimum atomic E-state index is -0.682. The monoisotopic (exact) mass is 328 g/mol. The molecule has 3 rings (SSSR count). The van der Waals surface area contributed by atoms with E-state index in [0.29, 0.717) is 0 Å². The third-order valence-corrected chi connectivity index (χ3v) is 5.42. The van der Waals surface area contributed by atoms with Gasteiger partial charge in [-0.05, 0) is 31.9 Å². The number of rotatable bonds is 4. The van der Waals surface area contributed by atoms with Crippen LogP contribution in [0.5, 0.6) is 0 Å². The first-order chi connectivity index (χ1) is 11.1. The molecule has 2 aromatic heterocycles. The number of pyridine rings is 1. The maximum absolute atomic E-state index is 12.5. The van der Waals surface area contributed by atoms with Gasteiger partial charge < -0.3 is 5.32 Å². The molecule has 2 heterocycles. The summed E-state index contributed by atoms with van der Waals surface area (Å²) in [6.07, 6.45) is 8.38. The Morgan fingerprint density at radius 3 is 2.96 bits per heavy atom. The Hall–Kier alpha value is -2.00. The van der Waals surface area contributed by atoms with Gasteiger partial charge in [0.25, 0.3) is 0 Å². The van der Waals surface area contributed by atoms with E-state index in [9.17, 15) is 10.1 Å². The lowest BCUT2D eigenvalue weighted by Crippen LogP contribution is -2.50. The molecule has 1 saturated carbocycles. The van der Waals surface area contributed by atoms with Crippen molar-refractivity contribution in [1.29, 1.82) is 5.26 Å². The highest BCUT2D eigenvalue weighted by Gasteiger charge is 2.35. The van der Waals surface area contributed by atoms with E-state index in [4.69, 9.17) is 0 Å². The molecule has 6 heteroatoms. The Bertz CT molecular complexity index is 742. The molecule has 1 fully saturated rings. The minimum Gasteiger partial charge on any atom is -0.337 e. The van der Waals surface area contributed by atoms with Gasteiger partial charge in [0, 0.05) is 6.20 Å². The highest BCUT2D eigenvalue weighted by molar-refractivity contribution is 8.00. The molecule has 1 aliphatic rings. The number of nitrogens with one attached hydrogen (secondary N) is 1. The fourth-order valence-electron chi connectivity index (χ4n) is 2.98. The van der Waals surface area contributed by atoms with Crippen LogP contribution in [-0.2, 0) is 4.79 Å². The van der Waals surface area contributed by atoms with Gasteiger partial charge in [0.1, 0.15) is 5.54 Å². The van der Waals surface area contributed by atoms with Crippen LogP contribution in [0.3, 0.4) is 0 Å². The van der Waals surface area contributed by atoms with Gasteiger partial charge in [0.05, 0.1) is 23.0 Å². The molecule has 1 aliphatic carbocycles. The highest BCUT2D eigenvalue weighted by Crippen LogP contribution is 2.29. The van der Waals surface area contributed by atoms with Crippen molar-refractivity contribution in [2.45, 2.75) is 55.0 Å². The van der Waals surface area contributed by atoms with E-state index in [-0.39, 0.29) is 11.2 Å². The Kier molecular flexibility index (Phi) is 4.58. The molecule has 0 aliphatic heterocycles. The summed E-state index contributed by atoms with van der Waals surface area (Å²) in [7, 11) is 0. The van der Waals surface area contributed by atoms with E-state index in [1.807, 2.05) is 35.7 Å². The number of nitriles is 1. The van der Waals surface area contributed by atoms with Gasteiger partial charge in [-0.1, -0.05) is 37.1 Å². The van der Waals surface area contributed by atoms with Crippen molar-refractivity contribution in [2.75, 3.05) is 0 Å². The second kappa shape index (κ2) is 6.63. The van der Waals surface area contributed by atoms with Crippen LogP contribution in [0.2, 0.25) is 0 Å². The van der Waals surface area contributed by atoms with Crippen molar-refractivity contribution in [2.24, 2.45) is 0 Å². The predicted molar refractivity (Wildman–Crippen MR) is 90.1 cm³/mol. The van der Waals surface area contributed by atoms with Gasteiger partial charge in [0.2, 0.25) is 5.91 Å². The minimum absolute atomic E-state index is 0.0915. The van der Waals surface area contributed by atoms with Gasteiger partial charge in [0.15, 0.2) is 5.16 Å². The van der Waals surface area contributed by atoms with E-state index in [0.717, 1.165) is 42.8 Å². The third-order valence-electron chi connectivity index (χ3n) is 4.34. The van der Waals surface area contributed by atoms with Crippen LogP contribution in [0.1, 0.15) is 39.0 Å². The summed E-state index contributed by atoms with van der Waals surface area (Å²) < 4.78 is 1.97. The van der Waals surface area contributed by atoms with Crippen LogP contribution < -0.4 is 5.32 Å². The van der Waals surface area contributed by atoms with Crippen LogP contribution in [0.4, 0.5) is 0 Å². The maximum atomic E-state index is 12.5. The summed E-state index contributed by atoms with van der Waals surface area (Å²) in [5, 5.41) is 13.0. The van der Waals surface area contributed by atoms with E-state index < -0.39 is 5.54 Å². The number of carbonyl (C=O) groups excluding carboxylic acids is 1. The standard InChI is InChI=1S/C17H20N4OS/c1-13(15(22)20-17(12-18)8-4-2-5-9-17)23-16-19-11-14-7-3-6-10-21(14)16/h3,6-7,10-11,13H,2,4-5,8-9H2,1H3,(H,20,22)/t13-/m1/s1. The van der Waals surface area contributed by atoms with Gasteiger partial charge in [-0.2, -0.15) is 5.26 Å². The summed E-state index contributed by atoms with van der Waals surface area (Å²) >= 11 is 1.42. The molecule has 1 N–H and O–H groups in total.